The molecule has 0 heterocycles. The first-order valence-corrected chi connectivity index (χ1v) is 8.68. The van der Waals surface area contributed by atoms with E-state index in [0.29, 0.717) is 12.8 Å². The number of benzene rings is 1. The molecule has 8 heteroatoms. The van der Waals surface area contributed by atoms with Crippen molar-refractivity contribution in [2.75, 3.05) is 7.11 Å². The minimum Gasteiger partial charge on any atom is -0.496 e. The van der Waals surface area contributed by atoms with E-state index in [9.17, 15) is 24.2 Å². The summed E-state index contributed by atoms with van der Waals surface area (Å²) in [5, 5.41) is 19.7. The van der Waals surface area contributed by atoms with Crippen LogP contribution < -0.4 is 9.47 Å². The van der Waals surface area contributed by atoms with E-state index in [2.05, 4.69) is 0 Å². The topological polar surface area (TPSA) is 102 Å². The van der Waals surface area contributed by atoms with Crippen molar-refractivity contribution in [1.29, 1.82) is 0 Å². The number of carbonyl (C=O) groups excluding carboxylic acids is 1. The molecule has 0 radical (unpaired) electrons. The number of hydrogen-bond acceptors (Lipinski definition) is 6. The molecule has 0 aromatic heterocycles. The molecule has 1 aliphatic rings. The summed E-state index contributed by atoms with van der Waals surface area (Å²) in [6, 6.07) is 2.03. The minimum atomic E-state index is -1.60. The van der Waals surface area contributed by atoms with Crippen LogP contribution in [0.3, 0.4) is 0 Å². The predicted molar refractivity (Wildman–Crippen MR) is 93.6 cm³/mol. The van der Waals surface area contributed by atoms with Crippen molar-refractivity contribution in [2.24, 2.45) is 0 Å². The van der Waals surface area contributed by atoms with Gasteiger partial charge in [-0.3, -0.25) is 0 Å². The van der Waals surface area contributed by atoms with Gasteiger partial charge in [-0.2, -0.15) is 0 Å². The number of aliphatic hydroxyl groups is 1. The largest absolute Gasteiger partial charge is 0.496 e. The first-order valence-electron chi connectivity index (χ1n) is 8.68. The molecule has 0 unspecified atom stereocenters. The maximum absolute atomic E-state index is 14.2. The summed E-state index contributed by atoms with van der Waals surface area (Å²) >= 11 is 0. The molecule has 1 aromatic rings. The summed E-state index contributed by atoms with van der Waals surface area (Å²) in [6.07, 6.45) is 0.344. The summed E-state index contributed by atoms with van der Waals surface area (Å²) in [4.78, 5) is 23.5. The summed E-state index contributed by atoms with van der Waals surface area (Å²) < 4.78 is 29.9. The Hall–Kier alpha value is -2.35. The molecule has 1 aliphatic carbocycles. The van der Waals surface area contributed by atoms with Crippen LogP contribution >= 0.6 is 0 Å². The van der Waals surface area contributed by atoms with Crippen LogP contribution in [0.15, 0.2) is 12.1 Å². The van der Waals surface area contributed by atoms with Crippen LogP contribution in [0.5, 0.6) is 11.5 Å². The van der Waals surface area contributed by atoms with E-state index in [-0.39, 0.29) is 29.9 Å². The van der Waals surface area contributed by atoms with Crippen molar-refractivity contribution >= 4 is 11.9 Å². The van der Waals surface area contributed by atoms with Gasteiger partial charge in [0.25, 0.3) is 0 Å². The lowest BCUT2D eigenvalue weighted by Gasteiger charge is -2.36. The second-order valence-electron chi connectivity index (χ2n) is 7.64. The monoisotopic (exact) mass is 384 g/mol. The predicted octanol–water partition coefficient (Wildman–Crippen LogP) is 2.93. The Bertz CT molecular complexity index is 716. The third kappa shape index (κ3) is 5.09. The van der Waals surface area contributed by atoms with Crippen molar-refractivity contribution in [2.45, 2.75) is 63.8 Å². The molecule has 2 N–H and O–H groups in total. The van der Waals surface area contributed by atoms with Crippen LogP contribution in [0.1, 0.15) is 56.8 Å². The molecular weight excluding hydrogens is 359 g/mol. The Kier molecular flexibility index (Phi) is 5.99. The Morgan fingerprint density at radius 3 is 2.26 bits per heavy atom. The van der Waals surface area contributed by atoms with Gasteiger partial charge in [0, 0.05) is 12.1 Å². The van der Waals surface area contributed by atoms with E-state index >= 15 is 0 Å². The Morgan fingerprint density at radius 1 is 1.19 bits per heavy atom. The van der Waals surface area contributed by atoms with Crippen molar-refractivity contribution in [3.05, 3.63) is 23.5 Å². The summed E-state index contributed by atoms with van der Waals surface area (Å²) in [5.41, 5.74) is -2.52. The van der Waals surface area contributed by atoms with Crippen molar-refractivity contribution < 1.29 is 38.4 Å². The Morgan fingerprint density at radius 2 is 1.78 bits per heavy atom. The highest BCUT2D eigenvalue weighted by Crippen LogP contribution is 2.35. The Balaban J connectivity index is 2.06. The maximum atomic E-state index is 14.2. The lowest BCUT2D eigenvalue weighted by Crippen LogP contribution is -2.47. The number of carbonyl (C=O) groups is 2. The van der Waals surface area contributed by atoms with E-state index in [0.717, 1.165) is 12.1 Å². The van der Waals surface area contributed by atoms with E-state index in [1.165, 1.54) is 7.11 Å². The van der Waals surface area contributed by atoms with Crippen LogP contribution in [-0.4, -0.2) is 46.6 Å². The zero-order valence-corrected chi connectivity index (χ0v) is 15.9. The number of carboxylic acids is 1. The normalized spacial score (nSPS) is 22.8. The fraction of sp³-hybridized carbons (Fsp3) is 0.579. The van der Waals surface area contributed by atoms with Gasteiger partial charge >= 0.3 is 11.9 Å². The summed E-state index contributed by atoms with van der Waals surface area (Å²) in [7, 11) is 1.25. The zero-order valence-electron chi connectivity index (χ0n) is 15.9. The molecule has 27 heavy (non-hydrogen) atoms. The van der Waals surface area contributed by atoms with Crippen molar-refractivity contribution in [3.8, 4) is 11.5 Å². The molecule has 0 saturated heterocycles. The summed E-state index contributed by atoms with van der Waals surface area (Å²) in [6.45, 7) is 5.15. The second-order valence-corrected chi connectivity index (χ2v) is 7.64. The van der Waals surface area contributed by atoms with Gasteiger partial charge in [-0.05, 0) is 46.5 Å². The number of esters is 1. The van der Waals surface area contributed by atoms with E-state index in [1.54, 1.807) is 20.8 Å². The average molecular weight is 384 g/mol. The molecule has 0 atom stereocenters. The van der Waals surface area contributed by atoms with E-state index in [1.807, 2.05) is 0 Å². The highest BCUT2D eigenvalue weighted by Gasteiger charge is 2.43. The van der Waals surface area contributed by atoms with E-state index < -0.39 is 35.1 Å². The molecule has 1 fully saturated rings. The van der Waals surface area contributed by atoms with Gasteiger partial charge < -0.3 is 24.4 Å². The number of hydrogen-bond donors (Lipinski definition) is 2. The molecular formula is C19H25FO7. The van der Waals surface area contributed by atoms with Gasteiger partial charge in [-0.25, -0.2) is 14.0 Å². The summed E-state index contributed by atoms with van der Waals surface area (Å²) in [5.74, 6) is -3.00. The minimum absolute atomic E-state index is 0.102. The molecule has 1 saturated carbocycles. The number of methoxy groups -OCH3 is 1. The van der Waals surface area contributed by atoms with Crippen LogP contribution in [-0.2, 0) is 9.53 Å². The van der Waals surface area contributed by atoms with Gasteiger partial charge in [-0.15, -0.1) is 0 Å². The van der Waals surface area contributed by atoms with Crippen LogP contribution in [0.2, 0.25) is 0 Å². The highest BCUT2D eigenvalue weighted by atomic mass is 19.1. The second kappa shape index (κ2) is 7.72. The quantitative estimate of drug-likeness (QED) is 0.753. The molecule has 1 aromatic carbocycles. The SMILES string of the molecule is COc1cc(F)c(OC2CCC(O)(C(=O)OC(C)(C)C)CC2)cc1C(=O)O. The third-order valence-electron chi connectivity index (χ3n) is 4.32. The zero-order chi connectivity index (χ0) is 20.4. The number of carboxylic acid groups (broad SMARTS) is 1. The number of ether oxygens (including phenoxy) is 3. The molecule has 7 nitrogen and oxygen atoms in total. The number of rotatable bonds is 5. The molecule has 0 amide bonds. The molecule has 0 spiro atoms. The lowest BCUT2D eigenvalue weighted by atomic mass is 9.83. The molecule has 2 rings (SSSR count). The number of aromatic carboxylic acids is 1. The van der Waals surface area contributed by atoms with Crippen LogP contribution in [0.4, 0.5) is 4.39 Å². The third-order valence-corrected chi connectivity index (χ3v) is 4.32. The van der Waals surface area contributed by atoms with Gasteiger partial charge in [0.1, 0.15) is 16.9 Å². The van der Waals surface area contributed by atoms with Crippen molar-refractivity contribution in [3.63, 3.8) is 0 Å². The smallest absolute Gasteiger partial charge is 0.339 e. The van der Waals surface area contributed by atoms with Crippen molar-refractivity contribution in [1.82, 2.24) is 0 Å². The number of halogens is 1. The average Bonchev–Trinajstić information content (AvgIpc) is 2.56. The molecule has 0 aliphatic heterocycles. The fourth-order valence-corrected chi connectivity index (χ4v) is 2.90. The van der Waals surface area contributed by atoms with Gasteiger partial charge in [0.15, 0.2) is 17.2 Å². The molecule has 150 valence electrons. The first-order chi connectivity index (χ1) is 12.4. The van der Waals surface area contributed by atoms with Crippen LogP contribution in [0, 0.1) is 5.82 Å². The fourth-order valence-electron chi connectivity index (χ4n) is 2.90. The maximum Gasteiger partial charge on any atom is 0.339 e. The van der Waals surface area contributed by atoms with Gasteiger partial charge in [0.2, 0.25) is 0 Å². The standard InChI is InChI=1S/C19H25FO7/c1-18(2,3)27-17(23)19(24)7-5-11(6-8-19)26-15-9-12(16(21)22)14(25-4)10-13(15)20/h9-11,24H,5-8H2,1-4H3,(H,21,22). The first kappa shape index (κ1) is 21.0. The lowest BCUT2D eigenvalue weighted by molar-refractivity contribution is -0.182. The highest BCUT2D eigenvalue weighted by molar-refractivity contribution is 5.91. The van der Waals surface area contributed by atoms with Crippen LogP contribution in [0.25, 0.3) is 0 Å². The van der Waals surface area contributed by atoms with E-state index in [4.69, 9.17) is 14.2 Å². The van der Waals surface area contributed by atoms with Gasteiger partial charge in [0.05, 0.1) is 13.2 Å². The Labute approximate surface area is 157 Å². The van der Waals surface area contributed by atoms with Gasteiger partial charge in [-0.1, -0.05) is 0 Å². The molecule has 0 bridgehead atoms.